The highest BCUT2D eigenvalue weighted by Crippen LogP contribution is 2.18. The number of ether oxygens (including phenoxy) is 1. The van der Waals surface area contributed by atoms with Crippen LogP contribution in [0.15, 0.2) is 30.3 Å². The van der Waals surface area contributed by atoms with Gasteiger partial charge in [-0.15, -0.1) is 0 Å². The number of halogens is 1. The van der Waals surface area contributed by atoms with Crippen molar-refractivity contribution in [3.05, 3.63) is 30.3 Å². The molecule has 90 valence electrons. The van der Waals surface area contributed by atoms with E-state index < -0.39 is 0 Å². The summed E-state index contributed by atoms with van der Waals surface area (Å²) in [6, 6.07) is 9.98. The predicted octanol–water partition coefficient (Wildman–Crippen LogP) is 5.15. The van der Waals surface area contributed by atoms with Crippen LogP contribution in [0.1, 0.15) is 45.4 Å². The Morgan fingerprint density at radius 2 is 1.75 bits per heavy atom. The highest BCUT2D eigenvalue weighted by Gasteiger charge is 2.04. The summed E-state index contributed by atoms with van der Waals surface area (Å²) in [6.07, 6.45) is 7.64. The predicted molar refractivity (Wildman–Crippen MR) is 73.2 cm³/mol. The van der Waals surface area contributed by atoms with E-state index >= 15 is 0 Å². The van der Waals surface area contributed by atoms with E-state index in [-0.39, 0.29) is 5.01 Å². The second-order valence-electron chi connectivity index (χ2n) is 4.04. The Hall–Kier alpha value is -0.500. The Morgan fingerprint density at radius 1 is 1.06 bits per heavy atom. The first-order chi connectivity index (χ1) is 7.83. The molecule has 0 fully saturated rings. The molecule has 1 atom stereocenters. The minimum Gasteiger partial charge on any atom is -0.479 e. The van der Waals surface area contributed by atoms with E-state index in [1.165, 1.54) is 32.1 Å². The van der Waals surface area contributed by atoms with Gasteiger partial charge in [-0.1, -0.05) is 50.8 Å². The number of alkyl halides is 1. The fourth-order valence-corrected chi connectivity index (χ4v) is 2.15. The van der Waals surface area contributed by atoms with Crippen molar-refractivity contribution in [2.75, 3.05) is 0 Å². The lowest BCUT2D eigenvalue weighted by atomic mass is 10.1. The molecule has 0 spiro atoms. The molecule has 0 saturated heterocycles. The van der Waals surface area contributed by atoms with Crippen LogP contribution in [0.4, 0.5) is 0 Å². The second-order valence-corrected chi connectivity index (χ2v) is 5.07. The number of hydrogen-bond acceptors (Lipinski definition) is 1. The molecule has 0 aromatic heterocycles. The molecule has 1 unspecified atom stereocenters. The van der Waals surface area contributed by atoms with Gasteiger partial charge in [0.2, 0.25) is 0 Å². The van der Waals surface area contributed by atoms with E-state index in [1.807, 2.05) is 30.3 Å². The fraction of sp³-hybridized carbons (Fsp3) is 0.571. The molecule has 1 aromatic rings. The van der Waals surface area contributed by atoms with Crippen LogP contribution in [0.5, 0.6) is 5.75 Å². The first-order valence-corrected chi connectivity index (χ1v) is 7.10. The average Bonchev–Trinajstić information content (AvgIpc) is 2.30. The number of benzene rings is 1. The van der Waals surface area contributed by atoms with Gasteiger partial charge in [0.15, 0.2) is 5.01 Å². The minimum atomic E-state index is 0.150. The zero-order valence-corrected chi connectivity index (χ0v) is 11.6. The Bertz CT molecular complexity index is 261. The second kappa shape index (κ2) is 8.63. The summed E-state index contributed by atoms with van der Waals surface area (Å²) < 4.78 is 5.74. The summed E-state index contributed by atoms with van der Waals surface area (Å²) in [4.78, 5) is 0. The van der Waals surface area contributed by atoms with Crippen molar-refractivity contribution in [3.8, 4) is 5.75 Å². The van der Waals surface area contributed by atoms with Crippen molar-refractivity contribution in [1.29, 1.82) is 0 Å². The number of hydrogen-bond donors (Lipinski definition) is 0. The Morgan fingerprint density at radius 3 is 2.44 bits per heavy atom. The van der Waals surface area contributed by atoms with Gasteiger partial charge < -0.3 is 4.74 Å². The lowest BCUT2D eigenvalue weighted by molar-refractivity contribution is 0.277. The van der Waals surface area contributed by atoms with Crippen LogP contribution in [0.3, 0.4) is 0 Å². The molecule has 1 rings (SSSR count). The summed E-state index contributed by atoms with van der Waals surface area (Å²) >= 11 is 3.56. The Balaban J connectivity index is 2.09. The van der Waals surface area contributed by atoms with Gasteiger partial charge >= 0.3 is 0 Å². The van der Waals surface area contributed by atoms with Gasteiger partial charge in [-0.05, 0) is 40.9 Å². The molecular weight excluding hydrogens is 264 g/mol. The smallest absolute Gasteiger partial charge is 0.153 e. The molecule has 0 aliphatic carbocycles. The van der Waals surface area contributed by atoms with Crippen LogP contribution in [-0.4, -0.2) is 5.01 Å². The summed E-state index contributed by atoms with van der Waals surface area (Å²) in [5.41, 5.74) is 0. The third kappa shape index (κ3) is 6.16. The maximum absolute atomic E-state index is 5.74. The quantitative estimate of drug-likeness (QED) is 0.474. The van der Waals surface area contributed by atoms with Crippen molar-refractivity contribution < 1.29 is 4.74 Å². The molecule has 0 saturated carbocycles. The maximum atomic E-state index is 5.74. The third-order valence-electron chi connectivity index (χ3n) is 2.54. The SMILES string of the molecule is CCCCCCCC(Br)Oc1ccccc1. The van der Waals surface area contributed by atoms with Crippen LogP contribution < -0.4 is 4.74 Å². The maximum Gasteiger partial charge on any atom is 0.153 e. The van der Waals surface area contributed by atoms with Crippen LogP contribution in [0.25, 0.3) is 0 Å². The first kappa shape index (κ1) is 13.6. The zero-order chi connectivity index (χ0) is 11.6. The highest BCUT2D eigenvalue weighted by molar-refractivity contribution is 9.09. The summed E-state index contributed by atoms with van der Waals surface area (Å²) in [7, 11) is 0. The van der Waals surface area contributed by atoms with E-state index in [0.717, 1.165) is 12.2 Å². The van der Waals surface area contributed by atoms with Gasteiger partial charge in [-0.25, -0.2) is 0 Å². The standard InChI is InChI=1S/C14H21BrO/c1-2-3-4-5-9-12-14(15)16-13-10-7-6-8-11-13/h6-8,10-11,14H,2-5,9,12H2,1H3. The molecule has 0 radical (unpaired) electrons. The molecule has 1 aromatic carbocycles. The topological polar surface area (TPSA) is 9.23 Å². The third-order valence-corrected chi connectivity index (χ3v) is 3.19. The van der Waals surface area contributed by atoms with Crippen LogP contribution >= 0.6 is 15.9 Å². The van der Waals surface area contributed by atoms with E-state index in [1.54, 1.807) is 0 Å². The molecule has 0 heterocycles. The number of unbranched alkanes of at least 4 members (excludes halogenated alkanes) is 4. The van der Waals surface area contributed by atoms with Gasteiger partial charge in [0, 0.05) is 0 Å². The van der Waals surface area contributed by atoms with Crippen LogP contribution in [-0.2, 0) is 0 Å². The van der Waals surface area contributed by atoms with Gasteiger partial charge in [0.25, 0.3) is 0 Å². The van der Waals surface area contributed by atoms with E-state index in [9.17, 15) is 0 Å². The molecule has 1 nitrogen and oxygen atoms in total. The van der Waals surface area contributed by atoms with Crippen LogP contribution in [0.2, 0.25) is 0 Å². The van der Waals surface area contributed by atoms with Crippen molar-refractivity contribution in [3.63, 3.8) is 0 Å². The van der Waals surface area contributed by atoms with Gasteiger partial charge in [-0.2, -0.15) is 0 Å². The average molecular weight is 285 g/mol. The van der Waals surface area contributed by atoms with Gasteiger partial charge in [-0.3, -0.25) is 0 Å². The fourth-order valence-electron chi connectivity index (χ4n) is 1.61. The van der Waals surface area contributed by atoms with E-state index in [2.05, 4.69) is 22.9 Å². The van der Waals surface area contributed by atoms with Gasteiger partial charge in [0.1, 0.15) is 5.75 Å². The molecule has 0 N–H and O–H groups in total. The van der Waals surface area contributed by atoms with Crippen molar-refractivity contribution in [1.82, 2.24) is 0 Å². The summed E-state index contributed by atoms with van der Waals surface area (Å²) in [5, 5.41) is 0.150. The van der Waals surface area contributed by atoms with Crippen molar-refractivity contribution >= 4 is 15.9 Å². The molecule has 0 aliphatic heterocycles. The molecule has 0 amide bonds. The largest absolute Gasteiger partial charge is 0.479 e. The minimum absolute atomic E-state index is 0.150. The Labute approximate surface area is 107 Å². The van der Waals surface area contributed by atoms with Gasteiger partial charge in [0.05, 0.1) is 0 Å². The first-order valence-electron chi connectivity index (χ1n) is 6.18. The molecular formula is C14H21BrO. The molecule has 0 bridgehead atoms. The summed E-state index contributed by atoms with van der Waals surface area (Å²) in [6.45, 7) is 2.24. The van der Waals surface area contributed by atoms with Crippen LogP contribution in [0, 0.1) is 0 Å². The van der Waals surface area contributed by atoms with Crippen molar-refractivity contribution in [2.24, 2.45) is 0 Å². The number of rotatable bonds is 8. The highest BCUT2D eigenvalue weighted by atomic mass is 79.9. The van der Waals surface area contributed by atoms with Crippen molar-refractivity contribution in [2.45, 2.75) is 50.5 Å². The molecule has 2 heteroatoms. The number of para-hydroxylation sites is 1. The Kier molecular flexibility index (Phi) is 7.32. The normalized spacial score (nSPS) is 12.4. The lowest BCUT2D eigenvalue weighted by Gasteiger charge is -2.12. The molecule has 16 heavy (non-hydrogen) atoms. The summed E-state index contributed by atoms with van der Waals surface area (Å²) in [5.74, 6) is 0.943. The lowest BCUT2D eigenvalue weighted by Crippen LogP contribution is -2.07. The van der Waals surface area contributed by atoms with E-state index in [4.69, 9.17) is 4.74 Å². The zero-order valence-electron chi connectivity index (χ0n) is 9.99. The monoisotopic (exact) mass is 284 g/mol. The molecule has 0 aliphatic rings. The van der Waals surface area contributed by atoms with E-state index in [0.29, 0.717) is 0 Å².